The zero-order valence-corrected chi connectivity index (χ0v) is 16.3. The van der Waals surface area contributed by atoms with E-state index in [9.17, 15) is 19.5 Å². The fourth-order valence-electron chi connectivity index (χ4n) is 2.70. The molecular formula is C17H17N4O4S2-. The van der Waals surface area contributed by atoms with Crippen LogP contribution in [-0.4, -0.2) is 39.8 Å². The van der Waals surface area contributed by atoms with Crippen molar-refractivity contribution in [1.82, 2.24) is 10.2 Å². The van der Waals surface area contributed by atoms with E-state index in [0.717, 1.165) is 34.3 Å². The van der Waals surface area contributed by atoms with E-state index in [1.54, 1.807) is 4.90 Å². The number of aromatic nitrogens is 2. The number of anilines is 2. The van der Waals surface area contributed by atoms with Gasteiger partial charge in [0.1, 0.15) is 0 Å². The van der Waals surface area contributed by atoms with E-state index < -0.39 is 17.1 Å². The Morgan fingerprint density at radius 3 is 2.81 bits per heavy atom. The molecular weight excluding hydrogens is 388 g/mol. The van der Waals surface area contributed by atoms with Crippen LogP contribution in [0, 0.1) is 12.8 Å². The summed E-state index contributed by atoms with van der Waals surface area (Å²) in [6.45, 7) is 3.71. The topological polar surface area (TPSA) is 115 Å². The normalized spacial score (nSPS) is 17.8. The van der Waals surface area contributed by atoms with E-state index in [1.807, 2.05) is 31.2 Å². The summed E-state index contributed by atoms with van der Waals surface area (Å²) in [6.07, 6.45) is 0.127. The largest absolute Gasteiger partial charge is 0.549 e. The second-order valence-corrected chi connectivity index (χ2v) is 8.70. The maximum Gasteiger partial charge on any atom is 0.231 e. The van der Waals surface area contributed by atoms with Crippen LogP contribution in [0.2, 0.25) is 0 Å². The van der Waals surface area contributed by atoms with Gasteiger partial charge in [-0.2, -0.15) is 0 Å². The molecule has 0 saturated carbocycles. The van der Waals surface area contributed by atoms with E-state index in [4.69, 9.17) is 0 Å². The average molecular weight is 405 g/mol. The van der Waals surface area contributed by atoms with Gasteiger partial charge in [0.2, 0.25) is 16.9 Å². The number of hydrogen-bond donors (Lipinski definition) is 1. The number of rotatable bonds is 6. The number of carboxylic acid groups (broad SMARTS) is 1. The highest BCUT2D eigenvalue weighted by Gasteiger charge is 2.36. The molecule has 2 aromatic rings. The average Bonchev–Trinajstić information content (AvgIpc) is 3.22. The number of aliphatic carboxylic acids is 1. The van der Waals surface area contributed by atoms with E-state index in [2.05, 4.69) is 15.5 Å². The zero-order valence-electron chi connectivity index (χ0n) is 14.7. The lowest BCUT2D eigenvalue weighted by Gasteiger charge is -2.18. The molecule has 1 aliphatic rings. The molecule has 2 amide bonds. The third-order valence-corrected chi connectivity index (χ3v) is 6.15. The fraction of sp³-hybridized carbons (Fsp3) is 0.353. The van der Waals surface area contributed by atoms with Gasteiger partial charge < -0.3 is 20.1 Å². The quantitative estimate of drug-likeness (QED) is 0.564. The summed E-state index contributed by atoms with van der Waals surface area (Å²) in [5, 5.41) is 20.7. The van der Waals surface area contributed by atoms with Gasteiger partial charge >= 0.3 is 0 Å². The minimum atomic E-state index is -1.19. The third kappa shape index (κ3) is 4.45. The fourth-order valence-corrected chi connectivity index (χ4v) is 4.53. The van der Waals surface area contributed by atoms with E-state index >= 15 is 0 Å². The first kappa shape index (κ1) is 19.3. The van der Waals surface area contributed by atoms with Crippen molar-refractivity contribution in [3.8, 4) is 0 Å². The van der Waals surface area contributed by atoms with Gasteiger partial charge in [0.15, 0.2) is 4.34 Å². The van der Waals surface area contributed by atoms with Crippen molar-refractivity contribution in [1.29, 1.82) is 0 Å². The van der Waals surface area contributed by atoms with Crippen molar-refractivity contribution in [3.63, 3.8) is 0 Å². The molecule has 0 spiro atoms. The summed E-state index contributed by atoms with van der Waals surface area (Å²) in [5.41, 5.74) is 1.78. The third-order valence-electron chi connectivity index (χ3n) is 4.15. The van der Waals surface area contributed by atoms with Gasteiger partial charge in [0.05, 0.1) is 11.9 Å². The predicted octanol–water partition coefficient (Wildman–Crippen LogP) is 1.07. The number of nitrogens with one attached hydrogen (secondary N) is 1. The van der Waals surface area contributed by atoms with Crippen molar-refractivity contribution >= 4 is 51.7 Å². The summed E-state index contributed by atoms with van der Waals surface area (Å²) in [4.78, 5) is 37.2. The Kier molecular flexibility index (Phi) is 5.76. The molecule has 1 aromatic carbocycles. The van der Waals surface area contributed by atoms with Crippen molar-refractivity contribution in [2.75, 3.05) is 16.8 Å². The van der Waals surface area contributed by atoms with Crippen LogP contribution in [0.5, 0.6) is 0 Å². The first-order chi connectivity index (χ1) is 12.8. The smallest absolute Gasteiger partial charge is 0.231 e. The van der Waals surface area contributed by atoms with Crippen LogP contribution >= 0.6 is 23.1 Å². The molecule has 0 aliphatic carbocycles. The Morgan fingerprint density at radius 1 is 1.37 bits per heavy atom. The maximum absolute atomic E-state index is 12.5. The highest BCUT2D eigenvalue weighted by atomic mass is 32.2. The molecule has 1 aliphatic heterocycles. The standard InChI is InChI=1S/C17H18N4O4S2/c1-9-5-3-4-6-12(9)21-8-11(7-13(21)22)14(23)18-16-19-20-17(27-16)26-10(2)15(24)25/h3-6,10-11H,7-8H2,1-2H3,(H,24,25)(H,18,19,23)/p-1/t10-,11+/m0/s1. The Morgan fingerprint density at radius 2 is 2.11 bits per heavy atom. The second-order valence-electron chi connectivity index (χ2n) is 6.13. The summed E-state index contributed by atoms with van der Waals surface area (Å²) in [6, 6.07) is 7.54. The molecule has 1 fully saturated rings. The first-order valence-corrected chi connectivity index (χ1v) is 9.92. The molecule has 8 nitrogen and oxygen atoms in total. The Balaban J connectivity index is 1.62. The molecule has 142 valence electrons. The van der Waals surface area contributed by atoms with E-state index in [1.165, 1.54) is 6.92 Å². The number of hydrogen-bond acceptors (Lipinski definition) is 8. The van der Waals surface area contributed by atoms with Crippen LogP contribution < -0.4 is 15.3 Å². The highest BCUT2D eigenvalue weighted by molar-refractivity contribution is 8.02. The van der Waals surface area contributed by atoms with Crippen molar-refractivity contribution in [2.24, 2.45) is 5.92 Å². The molecule has 2 atom stereocenters. The SMILES string of the molecule is Cc1ccccc1N1C[C@H](C(=O)Nc2nnc(S[C@@H](C)C(=O)[O-])s2)CC1=O. The van der Waals surface area contributed by atoms with Crippen LogP contribution in [0.25, 0.3) is 0 Å². The maximum atomic E-state index is 12.5. The molecule has 0 unspecified atom stereocenters. The van der Waals surface area contributed by atoms with Crippen molar-refractivity contribution in [3.05, 3.63) is 29.8 Å². The van der Waals surface area contributed by atoms with Crippen LogP contribution in [-0.2, 0) is 14.4 Å². The monoisotopic (exact) mass is 405 g/mol. The summed E-state index contributed by atoms with van der Waals surface area (Å²) in [5.74, 6) is -2.08. The molecule has 0 radical (unpaired) electrons. The molecule has 1 aromatic heterocycles. The lowest BCUT2D eigenvalue weighted by atomic mass is 10.1. The molecule has 27 heavy (non-hydrogen) atoms. The van der Waals surface area contributed by atoms with Crippen LogP contribution in [0.1, 0.15) is 18.9 Å². The number of carbonyl (C=O) groups is 3. The first-order valence-electron chi connectivity index (χ1n) is 8.23. The molecule has 1 saturated heterocycles. The number of carbonyl (C=O) groups excluding carboxylic acids is 3. The Hall–Kier alpha value is -2.46. The van der Waals surface area contributed by atoms with Gasteiger partial charge in [0, 0.05) is 23.9 Å². The number of thioether (sulfide) groups is 1. The number of amides is 2. The lowest BCUT2D eigenvalue weighted by Crippen LogP contribution is -2.31. The molecule has 0 bridgehead atoms. The minimum absolute atomic E-state index is 0.0965. The van der Waals surface area contributed by atoms with E-state index in [0.29, 0.717) is 10.9 Å². The second kappa shape index (κ2) is 8.05. The predicted molar refractivity (Wildman–Crippen MR) is 101 cm³/mol. The minimum Gasteiger partial charge on any atom is -0.549 e. The van der Waals surface area contributed by atoms with Gasteiger partial charge in [-0.1, -0.05) is 41.3 Å². The van der Waals surface area contributed by atoms with Crippen molar-refractivity contribution < 1.29 is 19.5 Å². The number of para-hydroxylation sites is 1. The molecule has 3 rings (SSSR count). The number of benzene rings is 1. The summed E-state index contributed by atoms with van der Waals surface area (Å²) in [7, 11) is 0. The lowest BCUT2D eigenvalue weighted by molar-refractivity contribution is -0.304. The Labute approximate surface area is 164 Å². The van der Waals surface area contributed by atoms with Gasteiger partial charge in [-0.05, 0) is 25.5 Å². The highest BCUT2D eigenvalue weighted by Crippen LogP contribution is 2.31. The van der Waals surface area contributed by atoms with Gasteiger partial charge in [0.25, 0.3) is 0 Å². The Bertz CT molecular complexity index is 885. The number of aryl methyl sites for hydroxylation is 1. The van der Waals surface area contributed by atoms with Gasteiger partial charge in [-0.15, -0.1) is 10.2 Å². The zero-order chi connectivity index (χ0) is 19.6. The van der Waals surface area contributed by atoms with Gasteiger partial charge in [-0.3, -0.25) is 9.59 Å². The summed E-state index contributed by atoms with van der Waals surface area (Å²) >= 11 is 2.09. The molecule has 10 heteroatoms. The molecule has 1 N–H and O–H groups in total. The van der Waals surface area contributed by atoms with Crippen molar-refractivity contribution in [2.45, 2.75) is 29.9 Å². The van der Waals surface area contributed by atoms with Gasteiger partial charge in [-0.25, -0.2) is 0 Å². The number of carboxylic acids is 1. The number of nitrogens with zero attached hydrogens (tertiary/aromatic N) is 3. The van der Waals surface area contributed by atoms with E-state index in [-0.39, 0.29) is 23.4 Å². The summed E-state index contributed by atoms with van der Waals surface area (Å²) < 4.78 is 0.422. The molecule has 2 heterocycles. The van der Waals surface area contributed by atoms with Crippen LogP contribution in [0.15, 0.2) is 28.6 Å². The van der Waals surface area contributed by atoms with Crippen LogP contribution in [0.4, 0.5) is 10.8 Å². The van der Waals surface area contributed by atoms with Crippen LogP contribution in [0.3, 0.4) is 0 Å².